The van der Waals surface area contributed by atoms with E-state index in [4.69, 9.17) is 0 Å². The maximum atomic E-state index is 12.5. The third kappa shape index (κ3) is 4.66. The lowest BCUT2D eigenvalue weighted by Gasteiger charge is -2.07. The Bertz CT molecular complexity index is 234. The molecule has 0 rings (SSSR count). The van der Waals surface area contributed by atoms with Crippen molar-refractivity contribution in [2.24, 2.45) is 5.92 Å². The molecular formula is C12H19F. The summed E-state index contributed by atoms with van der Waals surface area (Å²) >= 11 is 0. The van der Waals surface area contributed by atoms with Gasteiger partial charge in [-0.15, -0.1) is 0 Å². The molecule has 0 aromatic rings. The summed E-state index contributed by atoms with van der Waals surface area (Å²) in [6, 6.07) is 0. The van der Waals surface area contributed by atoms with Crippen LogP contribution in [0.4, 0.5) is 4.39 Å². The Morgan fingerprint density at radius 1 is 1.38 bits per heavy atom. The van der Waals surface area contributed by atoms with Gasteiger partial charge in [-0.25, -0.2) is 4.39 Å². The molecule has 0 aliphatic rings. The first kappa shape index (κ1) is 12.2. The molecule has 74 valence electrons. The van der Waals surface area contributed by atoms with Crippen LogP contribution in [0, 0.1) is 5.92 Å². The average molecular weight is 182 g/mol. The predicted octanol–water partition coefficient (Wildman–Crippen LogP) is 4.41. The van der Waals surface area contributed by atoms with E-state index in [9.17, 15) is 4.39 Å². The molecule has 0 saturated carbocycles. The number of hydrogen-bond acceptors (Lipinski definition) is 0. The lowest BCUT2D eigenvalue weighted by atomic mass is 9.99. The zero-order valence-corrected chi connectivity index (χ0v) is 9.02. The van der Waals surface area contributed by atoms with Crippen molar-refractivity contribution in [2.45, 2.75) is 34.1 Å². The molecule has 0 nitrogen and oxygen atoms in total. The van der Waals surface area contributed by atoms with E-state index in [0.29, 0.717) is 11.5 Å². The third-order valence-corrected chi connectivity index (χ3v) is 2.41. The van der Waals surface area contributed by atoms with Crippen LogP contribution < -0.4 is 0 Å². The maximum Gasteiger partial charge on any atom is 0.118 e. The summed E-state index contributed by atoms with van der Waals surface area (Å²) in [4.78, 5) is 0. The quantitative estimate of drug-likeness (QED) is 0.565. The van der Waals surface area contributed by atoms with Gasteiger partial charge in [0.2, 0.25) is 0 Å². The molecule has 0 aromatic carbocycles. The Morgan fingerprint density at radius 3 is 2.31 bits per heavy atom. The second-order valence-corrected chi connectivity index (χ2v) is 3.47. The summed E-state index contributed by atoms with van der Waals surface area (Å²) in [7, 11) is 0. The first-order chi connectivity index (χ1) is 5.99. The monoisotopic (exact) mass is 182 g/mol. The normalized spacial score (nSPS) is 15.8. The SMILES string of the molecule is C=C(F)/C(C)=C\C=C(/C)C(C)CC. The molecule has 0 spiro atoms. The molecule has 0 fully saturated rings. The van der Waals surface area contributed by atoms with Crippen molar-refractivity contribution in [3.05, 3.63) is 35.7 Å². The van der Waals surface area contributed by atoms with Crippen LogP contribution in [0.15, 0.2) is 35.7 Å². The molecule has 0 saturated heterocycles. The highest BCUT2D eigenvalue weighted by Gasteiger charge is 1.99. The van der Waals surface area contributed by atoms with E-state index in [1.54, 1.807) is 13.0 Å². The van der Waals surface area contributed by atoms with Crippen molar-refractivity contribution in [1.82, 2.24) is 0 Å². The summed E-state index contributed by atoms with van der Waals surface area (Å²) < 4.78 is 12.5. The summed E-state index contributed by atoms with van der Waals surface area (Å²) in [5.74, 6) is 0.213. The van der Waals surface area contributed by atoms with Gasteiger partial charge in [0, 0.05) is 0 Å². The van der Waals surface area contributed by atoms with Crippen LogP contribution in [-0.4, -0.2) is 0 Å². The summed E-state index contributed by atoms with van der Waals surface area (Å²) in [5, 5.41) is 0. The Balaban J connectivity index is 4.41. The molecule has 0 heterocycles. The molecule has 1 atom stereocenters. The van der Waals surface area contributed by atoms with Crippen LogP contribution in [-0.2, 0) is 0 Å². The van der Waals surface area contributed by atoms with Gasteiger partial charge >= 0.3 is 0 Å². The van der Waals surface area contributed by atoms with Gasteiger partial charge < -0.3 is 0 Å². The Kier molecular flexibility index (Phi) is 5.36. The summed E-state index contributed by atoms with van der Waals surface area (Å²) in [6.07, 6.45) is 4.86. The highest BCUT2D eigenvalue weighted by atomic mass is 19.1. The fourth-order valence-corrected chi connectivity index (χ4v) is 0.833. The van der Waals surface area contributed by atoms with Crippen molar-refractivity contribution >= 4 is 0 Å². The first-order valence-electron chi connectivity index (χ1n) is 4.68. The topological polar surface area (TPSA) is 0 Å². The van der Waals surface area contributed by atoms with Crippen LogP contribution >= 0.6 is 0 Å². The van der Waals surface area contributed by atoms with E-state index in [1.165, 1.54) is 5.57 Å². The van der Waals surface area contributed by atoms with E-state index in [1.807, 2.05) is 6.08 Å². The zero-order chi connectivity index (χ0) is 10.4. The molecule has 0 radical (unpaired) electrons. The highest BCUT2D eigenvalue weighted by Crippen LogP contribution is 2.15. The largest absolute Gasteiger partial charge is 0.207 e. The molecule has 0 aromatic heterocycles. The molecule has 13 heavy (non-hydrogen) atoms. The van der Waals surface area contributed by atoms with E-state index < -0.39 is 0 Å². The van der Waals surface area contributed by atoms with Gasteiger partial charge in [-0.05, 0) is 31.8 Å². The minimum atomic E-state index is -0.354. The molecule has 0 aliphatic heterocycles. The van der Waals surface area contributed by atoms with E-state index >= 15 is 0 Å². The predicted molar refractivity (Wildman–Crippen MR) is 57.2 cm³/mol. The summed E-state index contributed by atoms with van der Waals surface area (Å²) in [5.41, 5.74) is 1.88. The summed E-state index contributed by atoms with van der Waals surface area (Å²) in [6.45, 7) is 11.3. The second kappa shape index (κ2) is 5.74. The Labute approximate surface area is 80.9 Å². The van der Waals surface area contributed by atoms with Gasteiger partial charge in [0.1, 0.15) is 5.83 Å². The van der Waals surface area contributed by atoms with Crippen LogP contribution in [0.25, 0.3) is 0 Å². The standard InChI is InChI=1S/C12H19F/c1-6-9(2)10(3)7-8-11(4)12(5)13/h7-9H,5-6H2,1-4H3/b10-7+,11-8-. The van der Waals surface area contributed by atoms with Crippen molar-refractivity contribution in [3.63, 3.8) is 0 Å². The Morgan fingerprint density at radius 2 is 1.92 bits per heavy atom. The third-order valence-electron chi connectivity index (χ3n) is 2.41. The first-order valence-corrected chi connectivity index (χ1v) is 4.68. The van der Waals surface area contributed by atoms with Crippen LogP contribution in [0.2, 0.25) is 0 Å². The van der Waals surface area contributed by atoms with Crippen LogP contribution in [0.1, 0.15) is 34.1 Å². The highest BCUT2D eigenvalue weighted by molar-refractivity contribution is 5.26. The fraction of sp³-hybridized carbons (Fsp3) is 0.500. The van der Waals surface area contributed by atoms with Gasteiger partial charge in [-0.2, -0.15) is 0 Å². The Hall–Kier alpha value is -0.850. The number of allylic oxidation sites excluding steroid dienone is 5. The molecule has 0 aliphatic carbocycles. The lowest BCUT2D eigenvalue weighted by Crippen LogP contribution is -1.92. The molecular weight excluding hydrogens is 163 g/mol. The second-order valence-electron chi connectivity index (χ2n) is 3.47. The van der Waals surface area contributed by atoms with Crippen molar-refractivity contribution in [2.75, 3.05) is 0 Å². The van der Waals surface area contributed by atoms with Gasteiger partial charge in [0.15, 0.2) is 0 Å². The van der Waals surface area contributed by atoms with Crippen LogP contribution in [0.5, 0.6) is 0 Å². The van der Waals surface area contributed by atoms with Gasteiger partial charge in [-0.3, -0.25) is 0 Å². The minimum absolute atomic E-state index is 0.354. The lowest BCUT2D eigenvalue weighted by molar-refractivity contribution is 0.652. The van der Waals surface area contributed by atoms with Gasteiger partial charge in [0.25, 0.3) is 0 Å². The average Bonchev–Trinajstić information content (AvgIpc) is 2.11. The number of halogens is 1. The van der Waals surface area contributed by atoms with Crippen LogP contribution in [0.3, 0.4) is 0 Å². The van der Waals surface area contributed by atoms with Crippen molar-refractivity contribution < 1.29 is 4.39 Å². The molecule has 0 N–H and O–H groups in total. The van der Waals surface area contributed by atoms with E-state index in [-0.39, 0.29) is 5.83 Å². The van der Waals surface area contributed by atoms with E-state index in [0.717, 1.165) is 6.42 Å². The zero-order valence-electron chi connectivity index (χ0n) is 9.02. The fourth-order valence-electron chi connectivity index (χ4n) is 0.833. The molecule has 1 unspecified atom stereocenters. The smallest absolute Gasteiger partial charge is 0.118 e. The molecule has 0 amide bonds. The number of hydrogen-bond donors (Lipinski definition) is 0. The number of rotatable bonds is 4. The van der Waals surface area contributed by atoms with Gasteiger partial charge in [-0.1, -0.05) is 38.2 Å². The minimum Gasteiger partial charge on any atom is -0.207 e. The maximum absolute atomic E-state index is 12.5. The van der Waals surface area contributed by atoms with Crippen molar-refractivity contribution in [3.8, 4) is 0 Å². The van der Waals surface area contributed by atoms with Crippen molar-refractivity contribution in [1.29, 1.82) is 0 Å². The molecule has 0 bridgehead atoms. The molecule has 1 heteroatoms. The van der Waals surface area contributed by atoms with Gasteiger partial charge in [0.05, 0.1) is 0 Å². The van der Waals surface area contributed by atoms with E-state index in [2.05, 4.69) is 27.4 Å².